The Balaban J connectivity index is 1.26. The number of anilines is 1. The third-order valence-electron chi connectivity index (χ3n) is 7.11. The molecule has 4 N–H and O–H groups in total. The number of piperidine rings is 1. The topological polar surface area (TPSA) is 106 Å². The maximum absolute atomic E-state index is 13.3. The zero-order chi connectivity index (χ0) is 26.2. The number of amidine groups is 1. The smallest absolute Gasteiger partial charge is 0.324 e. The van der Waals surface area contributed by atoms with Gasteiger partial charge in [0.1, 0.15) is 11.6 Å². The number of hydrogen-bond acceptors (Lipinski definition) is 5. The quantitative estimate of drug-likeness (QED) is 0.116. The van der Waals surface area contributed by atoms with Crippen LogP contribution in [-0.4, -0.2) is 76.6 Å². The first kappa shape index (κ1) is 27.7. The number of carbonyl (C=O) groups excluding carboxylic acids is 1. The van der Waals surface area contributed by atoms with E-state index in [4.69, 9.17) is 15.9 Å². The standard InChI is InChI=1S/C28H38IN5O3/c29-12-1-2-15-37-26-8-6-21(7-9-26)17-32-13-10-22(11-14-32)18-33-19-25(35)20-34(28(33)36)24-5-3-4-23(16-24)27(30)31/h3-9,16,22,25,35H,1-2,10-15,17-20H2,(H3,30,31). The van der Waals surface area contributed by atoms with Crippen molar-refractivity contribution >= 4 is 40.1 Å². The van der Waals surface area contributed by atoms with Gasteiger partial charge < -0.3 is 20.5 Å². The lowest BCUT2D eigenvalue weighted by atomic mass is 9.95. The first-order valence-electron chi connectivity index (χ1n) is 13.1. The fourth-order valence-electron chi connectivity index (χ4n) is 5.03. The second-order valence-electron chi connectivity index (χ2n) is 10.0. The molecule has 4 rings (SSSR count). The number of benzene rings is 2. The second kappa shape index (κ2) is 13.4. The number of hydrogen-bond donors (Lipinski definition) is 3. The van der Waals surface area contributed by atoms with E-state index in [1.165, 1.54) is 16.4 Å². The summed E-state index contributed by atoms with van der Waals surface area (Å²) in [5.74, 6) is 1.31. The maximum atomic E-state index is 13.3. The van der Waals surface area contributed by atoms with Crippen LogP contribution in [0, 0.1) is 11.3 Å². The van der Waals surface area contributed by atoms with Gasteiger partial charge in [0.05, 0.1) is 25.8 Å². The van der Waals surface area contributed by atoms with Crippen LogP contribution in [0.3, 0.4) is 0 Å². The molecule has 2 aromatic rings. The summed E-state index contributed by atoms with van der Waals surface area (Å²) in [5.41, 5.74) is 8.14. The predicted molar refractivity (Wildman–Crippen MR) is 156 cm³/mol. The molecular weight excluding hydrogens is 581 g/mol. The van der Waals surface area contributed by atoms with Gasteiger partial charge in [-0.15, -0.1) is 0 Å². The van der Waals surface area contributed by atoms with Crippen LogP contribution in [0.4, 0.5) is 10.5 Å². The van der Waals surface area contributed by atoms with Gasteiger partial charge in [0.25, 0.3) is 0 Å². The van der Waals surface area contributed by atoms with Crippen molar-refractivity contribution in [2.75, 3.05) is 48.7 Å². The molecule has 0 aromatic heterocycles. The summed E-state index contributed by atoms with van der Waals surface area (Å²) in [6.07, 6.45) is 3.72. The molecule has 0 bridgehead atoms. The number of likely N-dealkylation sites (tertiary alicyclic amines) is 1. The fourth-order valence-corrected chi connectivity index (χ4v) is 5.57. The van der Waals surface area contributed by atoms with Crippen molar-refractivity contribution in [2.24, 2.45) is 11.7 Å². The number of alkyl halides is 1. The maximum Gasteiger partial charge on any atom is 0.324 e. The molecule has 2 amide bonds. The number of aliphatic hydroxyl groups excluding tert-OH is 1. The first-order valence-corrected chi connectivity index (χ1v) is 14.6. The Morgan fingerprint density at radius 3 is 2.57 bits per heavy atom. The molecule has 2 saturated heterocycles. The number of nitrogens with one attached hydrogen (secondary N) is 1. The number of carbonyl (C=O) groups is 1. The number of β-amino-alcohol motifs (C(OH)–C–C–N with tert-alkyl or cyclic N) is 1. The van der Waals surface area contributed by atoms with Crippen molar-refractivity contribution in [3.8, 4) is 5.75 Å². The van der Waals surface area contributed by atoms with E-state index >= 15 is 0 Å². The zero-order valence-electron chi connectivity index (χ0n) is 21.3. The van der Waals surface area contributed by atoms with Crippen molar-refractivity contribution in [3.05, 3.63) is 59.7 Å². The van der Waals surface area contributed by atoms with E-state index in [1.54, 1.807) is 28.0 Å². The summed E-state index contributed by atoms with van der Waals surface area (Å²) < 4.78 is 6.99. The van der Waals surface area contributed by atoms with Crippen molar-refractivity contribution in [3.63, 3.8) is 0 Å². The van der Waals surface area contributed by atoms with E-state index in [9.17, 15) is 9.90 Å². The molecule has 1 unspecified atom stereocenters. The van der Waals surface area contributed by atoms with Gasteiger partial charge in [-0.2, -0.15) is 0 Å². The van der Waals surface area contributed by atoms with E-state index in [2.05, 4.69) is 51.8 Å². The number of nitrogens with zero attached hydrogens (tertiary/aromatic N) is 3. The first-order chi connectivity index (χ1) is 17.9. The van der Waals surface area contributed by atoms with Gasteiger partial charge in [-0.05, 0) is 78.9 Å². The molecular formula is C28H38IN5O3. The van der Waals surface area contributed by atoms with E-state index < -0.39 is 6.10 Å². The molecule has 200 valence electrons. The Bertz CT molecular complexity index is 1040. The lowest BCUT2D eigenvalue weighted by Gasteiger charge is -2.41. The number of aliphatic hydroxyl groups is 1. The van der Waals surface area contributed by atoms with Crippen molar-refractivity contribution in [1.29, 1.82) is 5.41 Å². The lowest BCUT2D eigenvalue weighted by molar-refractivity contribution is 0.0874. The summed E-state index contributed by atoms with van der Waals surface area (Å²) >= 11 is 2.40. The van der Waals surface area contributed by atoms with Gasteiger partial charge in [0.15, 0.2) is 0 Å². The van der Waals surface area contributed by atoms with E-state index in [-0.39, 0.29) is 18.4 Å². The summed E-state index contributed by atoms with van der Waals surface area (Å²) in [7, 11) is 0. The largest absolute Gasteiger partial charge is 0.494 e. The molecule has 8 nitrogen and oxygen atoms in total. The summed E-state index contributed by atoms with van der Waals surface area (Å²) in [6, 6.07) is 15.4. The number of nitrogens with two attached hydrogens (primary N) is 1. The van der Waals surface area contributed by atoms with E-state index in [1.807, 2.05) is 6.07 Å². The summed E-state index contributed by atoms with van der Waals surface area (Å²) in [5, 5.41) is 18.2. The van der Waals surface area contributed by atoms with E-state index in [0.29, 0.717) is 30.3 Å². The average Bonchev–Trinajstić information content (AvgIpc) is 2.90. The molecule has 9 heteroatoms. The number of ether oxygens (including phenoxy) is 1. The normalized spacial score (nSPS) is 19.3. The Kier molecular flexibility index (Phi) is 10.0. The summed E-state index contributed by atoms with van der Waals surface area (Å²) in [4.78, 5) is 19.2. The minimum absolute atomic E-state index is 0.0399. The van der Waals surface area contributed by atoms with Crippen LogP contribution in [0.1, 0.15) is 36.8 Å². The Hall–Kier alpha value is -2.37. The highest BCUT2D eigenvalue weighted by molar-refractivity contribution is 14.1. The Labute approximate surface area is 233 Å². The van der Waals surface area contributed by atoms with Crippen molar-refractivity contribution in [1.82, 2.24) is 9.80 Å². The SMILES string of the molecule is N=C(N)c1cccc(N2CC(O)CN(CC3CCN(Cc4ccc(OCCCCI)cc4)CC3)C2=O)c1. The lowest BCUT2D eigenvalue weighted by Crippen LogP contribution is -2.57. The number of rotatable bonds is 11. The fraction of sp³-hybridized carbons (Fsp3) is 0.500. The minimum Gasteiger partial charge on any atom is -0.494 e. The van der Waals surface area contributed by atoms with Gasteiger partial charge in [0.2, 0.25) is 0 Å². The molecule has 2 aliphatic heterocycles. The van der Waals surface area contributed by atoms with Crippen LogP contribution >= 0.6 is 22.6 Å². The zero-order valence-corrected chi connectivity index (χ0v) is 23.5. The van der Waals surface area contributed by atoms with Crippen LogP contribution in [-0.2, 0) is 6.54 Å². The van der Waals surface area contributed by atoms with Gasteiger partial charge in [0, 0.05) is 24.3 Å². The molecule has 2 heterocycles. The van der Waals surface area contributed by atoms with Crippen LogP contribution in [0.2, 0.25) is 0 Å². The van der Waals surface area contributed by atoms with Gasteiger partial charge in [-0.3, -0.25) is 15.2 Å². The minimum atomic E-state index is -0.614. The Morgan fingerprint density at radius 2 is 1.86 bits per heavy atom. The molecule has 2 fully saturated rings. The summed E-state index contributed by atoms with van der Waals surface area (Å²) in [6.45, 7) is 4.93. The second-order valence-corrected chi connectivity index (χ2v) is 11.1. The molecule has 0 aliphatic carbocycles. The highest BCUT2D eigenvalue weighted by atomic mass is 127. The molecule has 0 saturated carbocycles. The van der Waals surface area contributed by atoms with Crippen LogP contribution in [0.5, 0.6) is 5.75 Å². The number of unbranched alkanes of at least 4 members (excludes halogenated alkanes) is 1. The van der Waals surface area contributed by atoms with Crippen molar-refractivity contribution in [2.45, 2.75) is 38.3 Å². The molecule has 1 atom stereocenters. The molecule has 0 radical (unpaired) electrons. The number of urea groups is 1. The third kappa shape index (κ3) is 7.81. The van der Waals surface area contributed by atoms with Gasteiger partial charge in [-0.1, -0.05) is 46.9 Å². The molecule has 2 aliphatic rings. The van der Waals surface area contributed by atoms with Gasteiger partial charge in [-0.25, -0.2) is 4.79 Å². The number of amides is 2. The van der Waals surface area contributed by atoms with Crippen LogP contribution in [0.25, 0.3) is 0 Å². The molecule has 2 aromatic carbocycles. The average molecular weight is 620 g/mol. The number of nitrogen functional groups attached to an aromatic ring is 1. The number of halogens is 1. The van der Waals surface area contributed by atoms with E-state index in [0.717, 1.165) is 51.3 Å². The third-order valence-corrected chi connectivity index (χ3v) is 7.87. The molecule has 0 spiro atoms. The predicted octanol–water partition coefficient (Wildman–Crippen LogP) is 4.08. The van der Waals surface area contributed by atoms with Crippen molar-refractivity contribution < 1.29 is 14.6 Å². The Morgan fingerprint density at radius 1 is 1.11 bits per heavy atom. The molecule has 37 heavy (non-hydrogen) atoms. The highest BCUT2D eigenvalue weighted by Crippen LogP contribution is 2.26. The monoisotopic (exact) mass is 619 g/mol. The van der Waals surface area contributed by atoms with Crippen LogP contribution < -0.4 is 15.4 Å². The highest BCUT2D eigenvalue weighted by Gasteiger charge is 2.34. The van der Waals surface area contributed by atoms with Crippen LogP contribution in [0.15, 0.2) is 48.5 Å². The van der Waals surface area contributed by atoms with Gasteiger partial charge >= 0.3 is 6.03 Å².